The molecule has 12 heteroatoms. The van der Waals surface area contributed by atoms with E-state index in [1.54, 1.807) is 24.3 Å². The molecule has 232 valence electrons. The molecule has 1 atom stereocenters. The molecule has 1 N–H and O–H groups in total. The number of carbonyl (C=O) groups is 2. The number of benzene rings is 3. The summed E-state index contributed by atoms with van der Waals surface area (Å²) < 4.78 is 37.8. The van der Waals surface area contributed by atoms with Crippen molar-refractivity contribution >= 4 is 50.7 Å². The number of halogens is 2. The van der Waals surface area contributed by atoms with Gasteiger partial charge in [0.1, 0.15) is 24.1 Å². The van der Waals surface area contributed by atoms with E-state index in [2.05, 4.69) is 5.32 Å². The molecular weight excluding hydrogens is 613 g/mol. The summed E-state index contributed by atoms with van der Waals surface area (Å²) in [6.45, 7) is 4.83. The van der Waals surface area contributed by atoms with Crippen LogP contribution in [-0.4, -0.2) is 63.7 Å². The first-order chi connectivity index (χ1) is 20.1. The van der Waals surface area contributed by atoms with Gasteiger partial charge in [0.05, 0.1) is 26.2 Å². The van der Waals surface area contributed by atoms with Crippen molar-refractivity contribution < 1.29 is 27.5 Å². The Labute approximate surface area is 263 Å². The Hall–Kier alpha value is -3.47. The van der Waals surface area contributed by atoms with Crippen LogP contribution in [0.5, 0.6) is 11.5 Å². The van der Waals surface area contributed by atoms with Gasteiger partial charge >= 0.3 is 0 Å². The predicted molar refractivity (Wildman–Crippen MR) is 171 cm³/mol. The minimum Gasteiger partial charge on any atom is -0.497 e. The Morgan fingerprint density at radius 1 is 0.953 bits per heavy atom. The molecule has 0 spiro atoms. The lowest BCUT2D eigenvalue weighted by atomic mass is 10.0. The van der Waals surface area contributed by atoms with E-state index in [0.717, 1.165) is 16.1 Å². The molecule has 0 radical (unpaired) electrons. The lowest BCUT2D eigenvalue weighted by molar-refractivity contribution is -0.140. The van der Waals surface area contributed by atoms with Crippen LogP contribution < -0.4 is 19.1 Å². The van der Waals surface area contributed by atoms with Gasteiger partial charge in [0.25, 0.3) is 0 Å². The first kappa shape index (κ1) is 34.0. The molecule has 0 saturated carbocycles. The number of ether oxygens (including phenoxy) is 2. The largest absolute Gasteiger partial charge is 0.497 e. The maximum Gasteiger partial charge on any atom is 0.244 e. The summed E-state index contributed by atoms with van der Waals surface area (Å²) in [7, 11) is -1.13. The summed E-state index contributed by atoms with van der Waals surface area (Å²) in [5, 5.41) is 3.69. The quantitative estimate of drug-likeness (QED) is 0.284. The van der Waals surface area contributed by atoms with Crippen LogP contribution in [0.4, 0.5) is 5.69 Å². The van der Waals surface area contributed by atoms with Gasteiger partial charge in [-0.2, -0.15) is 0 Å². The number of hydrogen-bond donors (Lipinski definition) is 1. The van der Waals surface area contributed by atoms with Gasteiger partial charge in [0.2, 0.25) is 21.8 Å². The highest BCUT2D eigenvalue weighted by Crippen LogP contribution is 2.34. The average molecular weight is 651 g/mol. The van der Waals surface area contributed by atoms with Crippen LogP contribution in [0, 0.1) is 0 Å². The molecule has 0 fully saturated rings. The third-order valence-electron chi connectivity index (χ3n) is 6.46. The smallest absolute Gasteiger partial charge is 0.244 e. The van der Waals surface area contributed by atoms with Crippen molar-refractivity contribution in [1.82, 2.24) is 10.2 Å². The fourth-order valence-corrected chi connectivity index (χ4v) is 5.75. The molecule has 43 heavy (non-hydrogen) atoms. The standard InChI is InChI=1S/C31H37Cl2N3O6S/c1-31(2,3)34-30(38)27(16-21-10-8-7-9-11-21)35(19-22-12-13-23(32)17-25(22)33)29(37)20-36(43(6,39)40)26-15-14-24(41-4)18-28(26)42-5/h7-15,17-18,27H,16,19-20H2,1-6H3,(H,34,38). The van der Waals surface area contributed by atoms with Gasteiger partial charge in [-0.05, 0) is 56.2 Å². The first-order valence-corrected chi connectivity index (χ1v) is 16.0. The zero-order chi connectivity index (χ0) is 31.9. The molecule has 0 aliphatic carbocycles. The summed E-state index contributed by atoms with van der Waals surface area (Å²) in [6.07, 6.45) is 1.17. The number of nitrogens with zero attached hydrogens (tertiary/aromatic N) is 2. The molecule has 0 saturated heterocycles. The first-order valence-electron chi connectivity index (χ1n) is 13.4. The van der Waals surface area contributed by atoms with Crippen LogP contribution in [0.2, 0.25) is 10.0 Å². The summed E-state index contributed by atoms with van der Waals surface area (Å²) >= 11 is 12.6. The molecule has 0 bridgehead atoms. The van der Waals surface area contributed by atoms with E-state index in [1.165, 1.54) is 31.3 Å². The Balaban J connectivity index is 2.14. The van der Waals surface area contributed by atoms with Gasteiger partial charge < -0.3 is 19.7 Å². The highest BCUT2D eigenvalue weighted by atomic mass is 35.5. The molecular formula is C31H37Cl2N3O6S. The zero-order valence-corrected chi connectivity index (χ0v) is 27.4. The second-order valence-electron chi connectivity index (χ2n) is 11.0. The Morgan fingerprint density at radius 3 is 2.19 bits per heavy atom. The lowest BCUT2D eigenvalue weighted by Crippen LogP contribution is -2.56. The summed E-state index contributed by atoms with van der Waals surface area (Å²) in [5.74, 6) is -0.389. The molecule has 0 heterocycles. The molecule has 0 aromatic heterocycles. The second kappa shape index (κ2) is 14.3. The van der Waals surface area contributed by atoms with E-state index >= 15 is 0 Å². The van der Waals surface area contributed by atoms with Gasteiger partial charge in [-0.3, -0.25) is 13.9 Å². The topological polar surface area (TPSA) is 105 Å². The van der Waals surface area contributed by atoms with Crippen molar-refractivity contribution in [3.63, 3.8) is 0 Å². The number of carbonyl (C=O) groups excluding carboxylic acids is 2. The van der Waals surface area contributed by atoms with E-state index in [0.29, 0.717) is 21.4 Å². The Morgan fingerprint density at radius 2 is 1.63 bits per heavy atom. The van der Waals surface area contributed by atoms with Crippen LogP contribution in [0.25, 0.3) is 0 Å². The number of rotatable bonds is 12. The van der Waals surface area contributed by atoms with Crippen molar-refractivity contribution in [2.45, 2.75) is 45.3 Å². The summed E-state index contributed by atoms with van der Waals surface area (Å²) in [5.41, 5.74) is 0.887. The van der Waals surface area contributed by atoms with Crippen molar-refractivity contribution in [2.75, 3.05) is 31.3 Å². The summed E-state index contributed by atoms with van der Waals surface area (Å²) in [4.78, 5) is 29.5. The zero-order valence-electron chi connectivity index (χ0n) is 25.1. The predicted octanol–water partition coefficient (Wildman–Crippen LogP) is 5.33. The maximum atomic E-state index is 14.3. The SMILES string of the molecule is COc1ccc(N(CC(=O)N(Cc2ccc(Cl)cc2Cl)C(Cc2ccccc2)C(=O)NC(C)(C)C)S(C)(=O)=O)c(OC)c1. The minimum atomic E-state index is -4.00. The molecule has 3 aromatic carbocycles. The van der Waals surface area contributed by atoms with Crippen molar-refractivity contribution in [1.29, 1.82) is 0 Å². The van der Waals surface area contributed by atoms with Crippen LogP contribution >= 0.6 is 23.2 Å². The average Bonchev–Trinajstić information content (AvgIpc) is 2.93. The molecule has 9 nitrogen and oxygen atoms in total. The van der Waals surface area contributed by atoms with Crippen LogP contribution in [-0.2, 0) is 32.6 Å². The van der Waals surface area contributed by atoms with Gasteiger partial charge in [-0.15, -0.1) is 0 Å². The van der Waals surface area contributed by atoms with E-state index in [4.69, 9.17) is 32.7 Å². The number of nitrogens with one attached hydrogen (secondary N) is 1. The van der Waals surface area contributed by atoms with Gasteiger partial charge in [-0.25, -0.2) is 8.42 Å². The number of anilines is 1. The van der Waals surface area contributed by atoms with Crippen LogP contribution in [0.15, 0.2) is 66.7 Å². The second-order valence-corrected chi connectivity index (χ2v) is 13.8. The minimum absolute atomic E-state index is 0.0821. The Kier molecular flexibility index (Phi) is 11.3. The summed E-state index contributed by atoms with van der Waals surface area (Å²) in [6, 6.07) is 17.7. The van der Waals surface area contributed by atoms with Gasteiger partial charge in [0.15, 0.2) is 0 Å². The highest BCUT2D eigenvalue weighted by molar-refractivity contribution is 7.92. The van der Waals surface area contributed by atoms with Crippen molar-refractivity contribution in [2.24, 2.45) is 0 Å². The normalized spacial score (nSPS) is 12.3. The van der Waals surface area contributed by atoms with Crippen LogP contribution in [0.1, 0.15) is 31.9 Å². The number of sulfonamides is 1. The van der Waals surface area contributed by atoms with E-state index < -0.39 is 40.0 Å². The third kappa shape index (κ3) is 9.51. The van der Waals surface area contributed by atoms with E-state index in [1.807, 2.05) is 51.1 Å². The van der Waals surface area contributed by atoms with Crippen molar-refractivity contribution in [3.05, 3.63) is 87.9 Å². The third-order valence-corrected chi connectivity index (χ3v) is 8.17. The molecule has 2 amide bonds. The van der Waals surface area contributed by atoms with Gasteiger partial charge in [-0.1, -0.05) is 59.6 Å². The van der Waals surface area contributed by atoms with Crippen LogP contribution in [0.3, 0.4) is 0 Å². The molecule has 0 aliphatic heterocycles. The number of hydrogen-bond acceptors (Lipinski definition) is 6. The molecule has 3 rings (SSSR count). The monoisotopic (exact) mass is 649 g/mol. The fourth-order valence-electron chi connectivity index (χ4n) is 4.43. The maximum absolute atomic E-state index is 14.3. The van der Waals surface area contributed by atoms with E-state index in [9.17, 15) is 18.0 Å². The number of methoxy groups -OCH3 is 2. The Bertz CT molecular complexity index is 1540. The molecule has 1 unspecified atom stereocenters. The molecule has 3 aromatic rings. The highest BCUT2D eigenvalue weighted by Gasteiger charge is 2.35. The molecule has 0 aliphatic rings. The van der Waals surface area contributed by atoms with Crippen molar-refractivity contribution in [3.8, 4) is 11.5 Å². The lowest BCUT2D eigenvalue weighted by Gasteiger charge is -2.35. The van der Waals surface area contributed by atoms with Gasteiger partial charge in [0, 0.05) is 34.6 Å². The fraction of sp³-hybridized carbons (Fsp3) is 0.355. The number of amides is 2. The van der Waals surface area contributed by atoms with E-state index in [-0.39, 0.29) is 24.4 Å².